The second-order valence-electron chi connectivity index (χ2n) is 4.23. The van der Waals surface area contributed by atoms with Gasteiger partial charge < -0.3 is 4.90 Å². The monoisotopic (exact) mass is 217 g/mol. The Balaban J connectivity index is 2.37. The van der Waals surface area contributed by atoms with Crippen LogP contribution in [0.15, 0.2) is 0 Å². The molecule has 82 valence electrons. The van der Waals surface area contributed by atoms with Gasteiger partial charge in [0.25, 0.3) is 0 Å². The molecule has 0 aromatic heterocycles. The third-order valence-electron chi connectivity index (χ3n) is 3.18. The molecule has 1 unspecified atom stereocenters. The van der Waals surface area contributed by atoms with Crippen LogP contribution in [0.2, 0.25) is 0 Å². The molecule has 1 atom stereocenters. The summed E-state index contributed by atoms with van der Waals surface area (Å²) in [6.07, 6.45) is 3.09. The van der Waals surface area contributed by atoms with Crippen LogP contribution in [0.25, 0.3) is 0 Å². The van der Waals surface area contributed by atoms with Crippen LogP contribution >= 0.6 is 11.6 Å². The Morgan fingerprint density at radius 3 is 2.50 bits per heavy atom. The van der Waals surface area contributed by atoms with Crippen molar-refractivity contribution in [3.8, 4) is 0 Å². The summed E-state index contributed by atoms with van der Waals surface area (Å²) in [6, 6.07) is 0. The summed E-state index contributed by atoms with van der Waals surface area (Å²) in [6.45, 7) is 5.88. The highest BCUT2D eigenvalue weighted by molar-refractivity contribution is 6.18. The fourth-order valence-electron chi connectivity index (χ4n) is 1.79. The second-order valence-corrected chi connectivity index (χ2v) is 4.54. The van der Waals surface area contributed by atoms with E-state index < -0.39 is 0 Å². The number of amides is 1. The predicted molar refractivity (Wildman–Crippen MR) is 59.5 cm³/mol. The molecule has 0 spiro atoms. The molecule has 1 saturated heterocycles. The quantitative estimate of drug-likeness (QED) is 0.666. The van der Waals surface area contributed by atoms with Crippen LogP contribution in [0.5, 0.6) is 0 Å². The summed E-state index contributed by atoms with van der Waals surface area (Å²) in [4.78, 5) is 13.8. The highest BCUT2D eigenvalue weighted by atomic mass is 35.5. The molecule has 2 nitrogen and oxygen atoms in total. The predicted octanol–water partition coefficient (Wildman–Crippen LogP) is 2.51. The number of alkyl halides is 1. The molecule has 1 amide bonds. The third kappa shape index (κ3) is 2.88. The van der Waals surface area contributed by atoms with Gasteiger partial charge in [0.15, 0.2) is 0 Å². The maximum Gasteiger partial charge on any atom is 0.225 e. The lowest BCUT2D eigenvalue weighted by Crippen LogP contribution is -2.41. The van der Waals surface area contributed by atoms with Crippen molar-refractivity contribution in [3.63, 3.8) is 0 Å². The van der Waals surface area contributed by atoms with Crippen molar-refractivity contribution in [2.24, 2.45) is 11.8 Å². The van der Waals surface area contributed by atoms with E-state index in [1.54, 1.807) is 0 Å². The minimum Gasteiger partial charge on any atom is -0.342 e. The highest BCUT2D eigenvalue weighted by Gasteiger charge is 2.24. The maximum absolute atomic E-state index is 11.8. The number of piperidine rings is 1. The summed E-state index contributed by atoms with van der Waals surface area (Å²) in [5.41, 5.74) is 0. The second kappa shape index (κ2) is 5.59. The molecule has 0 N–H and O–H groups in total. The van der Waals surface area contributed by atoms with Crippen molar-refractivity contribution in [1.82, 2.24) is 4.90 Å². The van der Waals surface area contributed by atoms with E-state index in [1.165, 1.54) is 0 Å². The molecule has 0 aromatic rings. The molecule has 1 fully saturated rings. The van der Waals surface area contributed by atoms with Gasteiger partial charge in [-0.05, 0) is 25.2 Å². The van der Waals surface area contributed by atoms with Gasteiger partial charge >= 0.3 is 0 Å². The number of carbonyl (C=O) groups excluding carboxylic acids is 1. The molecule has 1 heterocycles. The van der Waals surface area contributed by atoms with E-state index in [-0.39, 0.29) is 5.92 Å². The number of rotatable bonds is 3. The fourth-order valence-corrected chi connectivity index (χ4v) is 2.10. The zero-order valence-electron chi connectivity index (χ0n) is 9.13. The third-order valence-corrected chi connectivity index (χ3v) is 3.61. The first-order chi connectivity index (χ1) is 6.69. The van der Waals surface area contributed by atoms with Crippen LogP contribution in [0.4, 0.5) is 0 Å². The number of hydrogen-bond donors (Lipinski definition) is 0. The Labute approximate surface area is 91.6 Å². The number of halogens is 1. The van der Waals surface area contributed by atoms with Crippen molar-refractivity contribution >= 4 is 17.5 Å². The van der Waals surface area contributed by atoms with Crippen molar-refractivity contribution in [2.75, 3.05) is 19.0 Å². The Morgan fingerprint density at radius 2 is 2.07 bits per heavy atom. The van der Waals surface area contributed by atoms with E-state index in [0.717, 1.165) is 38.2 Å². The van der Waals surface area contributed by atoms with E-state index in [4.69, 9.17) is 11.6 Å². The fraction of sp³-hybridized carbons (Fsp3) is 0.909. The van der Waals surface area contributed by atoms with E-state index in [9.17, 15) is 4.79 Å². The minimum absolute atomic E-state index is 0.183. The smallest absolute Gasteiger partial charge is 0.225 e. The van der Waals surface area contributed by atoms with E-state index in [1.807, 2.05) is 11.8 Å². The molecule has 1 aliphatic rings. The van der Waals surface area contributed by atoms with Gasteiger partial charge in [0.1, 0.15) is 0 Å². The Hall–Kier alpha value is -0.240. The van der Waals surface area contributed by atoms with Gasteiger partial charge in [0, 0.05) is 24.9 Å². The van der Waals surface area contributed by atoms with Gasteiger partial charge in [0.05, 0.1) is 0 Å². The molecular weight excluding hydrogens is 198 g/mol. The normalized spacial score (nSPS) is 20.9. The minimum atomic E-state index is 0.183. The first kappa shape index (κ1) is 11.8. The Morgan fingerprint density at radius 1 is 1.50 bits per heavy atom. The van der Waals surface area contributed by atoms with Crippen molar-refractivity contribution in [2.45, 2.75) is 33.1 Å². The van der Waals surface area contributed by atoms with Gasteiger partial charge in [-0.25, -0.2) is 0 Å². The summed E-state index contributed by atoms with van der Waals surface area (Å²) < 4.78 is 0. The van der Waals surface area contributed by atoms with Gasteiger partial charge in [0.2, 0.25) is 5.91 Å². The average molecular weight is 218 g/mol. The van der Waals surface area contributed by atoms with E-state index in [2.05, 4.69) is 6.92 Å². The van der Waals surface area contributed by atoms with Gasteiger partial charge in [-0.3, -0.25) is 4.79 Å². The largest absolute Gasteiger partial charge is 0.342 e. The van der Waals surface area contributed by atoms with Gasteiger partial charge in [-0.15, -0.1) is 11.6 Å². The first-order valence-corrected chi connectivity index (χ1v) is 6.07. The number of likely N-dealkylation sites (tertiary alicyclic amines) is 1. The molecule has 1 rings (SSSR count). The van der Waals surface area contributed by atoms with Crippen LogP contribution in [-0.2, 0) is 4.79 Å². The summed E-state index contributed by atoms with van der Waals surface area (Å²) in [7, 11) is 0. The number of carbonyl (C=O) groups is 1. The van der Waals surface area contributed by atoms with Crippen LogP contribution in [-0.4, -0.2) is 29.8 Å². The number of nitrogens with zero attached hydrogens (tertiary/aromatic N) is 1. The van der Waals surface area contributed by atoms with E-state index in [0.29, 0.717) is 11.8 Å². The summed E-state index contributed by atoms with van der Waals surface area (Å²) in [5.74, 6) is 1.87. The lowest BCUT2D eigenvalue weighted by Gasteiger charge is -2.32. The SMILES string of the molecule is CCC(C)C(=O)N1CCC(CCl)CC1. The van der Waals surface area contributed by atoms with Crippen molar-refractivity contribution < 1.29 is 4.79 Å². The molecule has 0 bridgehead atoms. The van der Waals surface area contributed by atoms with E-state index >= 15 is 0 Å². The summed E-state index contributed by atoms with van der Waals surface area (Å²) >= 11 is 5.79. The lowest BCUT2D eigenvalue weighted by molar-refractivity contribution is -0.136. The summed E-state index contributed by atoms with van der Waals surface area (Å²) in [5, 5.41) is 0. The van der Waals surface area contributed by atoms with Crippen molar-refractivity contribution in [3.05, 3.63) is 0 Å². The van der Waals surface area contributed by atoms with Crippen LogP contribution in [0, 0.1) is 11.8 Å². The Bertz CT molecular complexity index is 188. The lowest BCUT2D eigenvalue weighted by atomic mass is 9.97. The standard InChI is InChI=1S/C11H20ClNO/c1-3-9(2)11(14)13-6-4-10(8-12)5-7-13/h9-10H,3-8H2,1-2H3. The molecule has 1 aliphatic heterocycles. The Kier molecular flexibility index (Phi) is 4.73. The molecule has 3 heteroatoms. The molecule has 0 aliphatic carbocycles. The first-order valence-electron chi connectivity index (χ1n) is 5.53. The van der Waals surface area contributed by atoms with Crippen LogP contribution in [0.3, 0.4) is 0 Å². The molecule has 0 radical (unpaired) electrons. The zero-order valence-corrected chi connectivity index (χ0v) is 9.89. The maximum atomic E-state index is 11.8. The number of hydrogen-bond acceptors (Lipinski definition) is 1. The van der Waals surface area contributed by atoms with Crippen molar-refractivity contribution in [1.29, 1.82) is 0 Å². The zero-order chi connectivity index (χ0) is 10.6. The molecule has 0 saturated carbocycles. The van der Waals surface area contributed by atoms with Gasteiger partial charge in [-0.2, -0.15) is 0 Å². The topological polar surface area (TPSA) is 20.3 Å². The molecule has 14 heavy (non-hydrogen) atoms. The van der Waals surface area contributed by atoms with Crippen LogP contribution in [0.1, 0.15) is 33.1 Å². The molecule has 0 aromatic carbocycles. The average Bonchev–Trinajstić information content (AvgIpc) is 2.27. The van der Waals surface area contributed by atoms with Crippen LogP contribution < -0.4 is 0 Å². The highest BCUT2D eigenvalue weighted by Crippen LogP contribution is 2.20. The van der Waals surface area contributed by atoms with Gasteiger partial charge in [-0.1, -0.05) is 13.8 Å². The molecular formula is C11H20ClNO.